The third kappa shape index (κ3) is 3.87. The molecule has 110 valence electrons. The maximum Gasteiger partial charge on any atom is 0.258 e. The summed E-state index contributed by atoms with van der Waals surface area (Å²) in [5.74, 6) is 1.06. The average Bonchev–Trinajstić information content (AvgIpc) is 2.43. The van der Waals surface area contributed by atoms with Gasteiger partial charge in [0, 0.05) is 23.2 Å². The fourth-order valence-electron chi connectivity index (χ4n) is 2.32. The Hall–Kier alpha value is -1.26. The summed E-state index contributed by atoms with van der Waals surface area (Å²) in [6.45, 7) is 5.90. The molecule has 0 saturated carbocycles. The van der Waals surface area contributed by atoms with Crippen LogP contribution in [0.15, 0.2) is 18.2 Å². The van der Waals surface area contributed by atoms with Crippen LogP contribution in [0.2, 0.25) is 5.02 Å². The second-order valence-electron chi connectivity index (χ2n) is 5.30. The molecule has 0 aromatic heterocycles. The van der Waals surface area contributed by atoms with Gasteiger partial charge in [-0.05, 0) is 37.9 Å². The lowest BCUT2D eigenvalue weighted by molar-refractivity contribution is -0.124. The maximum absolute atomic E-state index is 11.9. The predicted octanol–water partition coefficient (Wildman–Crippen LogP) is 2.14. The van der Waals surface area contributed by atoms with Gasteiger partial charge in [-0.15, -0.1) is 0 Å². The Labute approximate surface area is 124 Å². The lowest BCUT2D eigenvalue weighted by atomic mass is 9.95. The number of hydrogen-bond acceptors (Lipinski definition) is 3. The molecule has 2 rings (SSSR count). The predicted molar refractivity (Wildman–Crippen MR) is 80.3 cm³/mol. The highest BCUT2D eigenvalue weighted by molar-refractivity contribution is 6.31. The topological polar surface area (TPSA) is 50.4 Å². The Morgan fingerprint density at radius 1 is 1.55 bits per heavy atom. The van der Waals surface area contributed by atoms with E-state index in [4.69, 9.17) is 16.3 Å². The molecule has 0 aliphatic carbocycles. The summed E-state index contributed by atoms with van der Waals surface area (Å²) in [7, 11) is 0. The molecule has 4 nitrogen and oxygen atoms in total. The van der Waals surface area contributed by atoms with Gasteiger partial charge in [0.05, 0.1) is 0 Å². The molecule has 0 bridgehead atoms. The third-order valence-electron chi connectivity index (χ3n) is 3.75. The molecule has 5 heteroatoms. The van der Waals surface area contributed by atoms with E-state index in [1.54, 1.807) is 6.07 Å². The van der Waals surface area contributed by atoms with Crippen molar-refractivity contribution in [3.63, 3.8) is 0 Å². The molecule has 2 atom stereocenters. The van der Waals surface area contributed by atoms with Crippen molar-refractivity contribution in [3.05, 3.63) is 28.8 Å². The molecular weight excluding hydrogens is 276 g/mol. The highest BCUT2D eigenvalue weighted by atomic mass is 35.5. The van der Waals surface area contributed by atoms with Crippen LogP contribution < -0.4 is 15.4 Å². The van der Waals surface area contributed by atoms with Crippen LogP contribution in [0.25, 0.3) is 0 Å². The Bertz CT molecular complexity index is 479. The van der Waals surface area contributed by atoms with E-state index in [1.165, 1.54) is 0 Å². The van der Waals surface area contributed by atoms with Gasteiger partial charge in [-0.2, -0.15) is 0 Å². The zero-order valence-electron chi connectivity index (χ0n) is 11.9. The third-order valence-corrected chi connectivity index (χ3v) is 4.16. The number of hydrogen-bond donors (Lipinski definition) is 2. The average molecular weight is 297 g/mol. The van der Waals surface area contributed by atoms with E-state index < -0.39 is 0 Å². The van der Waals surface area contributed by atoms with Gasteiger partial charge in [0.1, 0.15) is 5.75 Å². The Morgan fingerprint density at radius 3 is 3.10 bits per heavy atom. The summed E-state index contributed by atoms with van der Waals surface area (Å²) in [6, 6.07) is 5.62. The SMILES string of the molecule is Cc1c(Cl)cccc1OCC(=O)NC1CNCCC1C. The molecule has 1 fully saturated rings. The molecule has 1 heterocycles. The molecule has 1 amide bonds. The van der Waals surface area contributed by atoms with Crippen molar-refractivity contribution < 1.29 is 9.53 Å². The van der Waals surface area contributed by atoms with Gasteiger partial charge < -0.3 is 15.4 Å². The number of piperidine rings is 1. The fraction of sp³-hybridized carbons (Fsp3) is 0.533. The molecule has 1 aromatic rings. The quantitative estimate of drug-likeness (QED) is 0.895. The van der Waals surface area contributed by atoms with E-state index >= 15 is 0 Å². The minimum atomic E-state index is -0.0927. The number of carbonyl (C=O) groups excluding carboxylic acids is 1. The molecule has 0 spiro atoms. The molecule has 2 unspecified atom stereocenters. The second-order valence-corrected chi connectivity index (χ2v) is 5.70. The second kappa shape index (κ2) is 6.95. The van der Waals surface area contributed by atoms with Crippen molar-refractivity contribution in [2.45, 2.75) is 26.3 Å². The first-order chi connectivity index (χ1) is 9.58. The molecule has 1 aliphatic heterocycles. The van der Waals surface area contributed by atoms with Gasteiger partial charge in [-0.1, -0.05) is 24.6 Å². The summed E-state index contributed by atoms with van der Waals surface area (Å²) in [4.78, 5) is 11.9. The lowest BCUT2D eigenvalue weighted by Gasteiger charge is -2.30. The van der Waals surface area contributed by atoms with E-state index in [2.05, 4.69) is 17.6 Å². The molecule has 2 N–H and O–H groups in total. The first-order valence-corrected chi connectivity index (χ1v) is 7.33. The van der Waals surface area contributed by atoms with Crippen molar-refractivity contribution in [1.29, 1.82) is 0 Å². The van der Waals surface area contributed by atoms with Crippen molar-refractivity contribution in [2.75, 3.05) is 19.7 Å². The Morgan fingerprint density at radius 2 is 2.35 bits per heavy atom. The summed E-state index contributed by atoms with van der Waals surface area (Å²) in [5.41, 5.74) is 0.856. The van der Waals surface area contributed by atoms with Crippen LogP contribution in [0.3, 0.4) is 0 Å². The minimum absolute atomic E-state index is 0.0183. The largest absolute Gasteiger partial charge is 0.483 e. The van der Waals surface area contributed by atoms with Gasteiger partial charge in [0.2, 0.25) is 0 Å². The number of rotatable bonds is 4. The van der Waals surface area contributed by atoms with Gasteiger partial charge in [-0.3, -0.25) is 4.79 Å². The van der Waals surface area contributed by atoms with E-state index in [1.807, 2.05) is 19.1 Å². The fourth-order valence-corrected chi connectivity index (χ4v) is 2.48. The molecular formula is C15H21ClN2O2. The first kappa shape index (κ1) is 15.1. The van der Waals surface area contributed by atoms with Crippen LogP contribution in [0.4, 0.5) is 0 Å². The number of benzene rings is 1. The van der Waals surface area contributed by atoms with Gasteiger partial charge >= 0.3 is 0 Å². The summed E-state index contributed by atoms with van der Waals surface area (Å²) < 4.78 is 5.54. The normalized spacial score (nSPS) is 22.4. The van der Waals surface area contributed by atoms with E-state index in [0.29, 0.717) is 16.7 Å². The smallest absolute Gasteiger partial charge is 0.258 e. The van der Waals surface area contributed by atoms with Crippen LogP contribution in [-0.4, -0.2) is 31.6 Å². The maximum atomic E-state index is 11.9. The minimum Gasteiger partial charge on any atom is -0.483 e. The monoisotopic (exact) mass is 296 g/mol. The zero-order chi connectivity index (χ0) is 14.5. The van der Waals surface area contributed by atoms with Gasteiger partial charge in [0.15, 0.2) is 6.61 Å². The van der Waals surface area contributed by atoms with Crippen LogP contribution >= 0.6 is 11.6 Å². The molecule has 20 heavy (non-hydrogen) atoms. The van der Waals surface area contributed by atoms with Crippen LogP contribution in [-0.2, 0) is 4.79 Å². The number of nitrogens with one attached hydrogen (secondary N) is 2. The lowest BCUT2D eigenvalue weighted by Crippen LogP contribution is -2.51. The Balaban J connectivity index is 1.84. The summed E-state index contributed by atoms with van der Waals surface area (Å²) in [6.07, 6.45) is 1.08. The van der Waals surface area contributed by atoms with E-state index in [9.17, 15) is 4.79 Å². The first-order valence-electron chi connectivity index (χ1n) is 6.96. The van der Waals surface area contributed by atoms with E-state index in [-0.39, 0.29) is 18.6 Å². The van der Waals surface area contributed by atoms with Crippen molar-refractivity contribution in [3.8, 4) is 5.75 Å². The molecule has 1 saturated heterocycles. The summed E-state index contributed by atoms with van der Waals surface area (Å²) >= 11 is 6.02. The van der Waals surface area contributed by atoms with Crippen molar-refractivity contribution in [1.82, 2.24) is 10.6 Å². The number of carbonyl (C=O) groups is 1. The number of ether oxygens (including phenoxy) is 1. The number of halogens is 1. The molecule has 0 radical (unpaired) electrons. The number of amides is 1. The Kier molecular flexibility index (Phi) is 5.26. The van der Waals surface area contributed by atoms with Crippen LogP contribution in [0.1, 0.15) is 18.9 Å². The summed E-state index contributed by atoms with van der Waals surface area (Å²) in [5, 5.41) is 6.95. The molecule has 1 aromatic carbocycles. The highest BCUT2D eigenvalue weighted by Crippen LogP contribution is 2.24. The van der Waals surface area contributed by atoms with Crippen molar-refractivity contribution in [2.24, 2.45) is 5.92 Å². The van der Waals surface area contributed by atoms with Gasteiger partial charge in [0.25, 0.3) is 5.91 Å². The zero-order valence-corrected chi connectivity index (χ0v) is 12.7. The van der Waals surface area contributed by atoms with Gasteiger partial charge in [-0.25, -0.2) is 0 Å². The highest BCUT2D eigenvalue weighted by Gasteiger charge is 2.22. The van der Waals surface area contributed by atoms with Crippen LogP contribution in [0.5, 0.6) is 5.75 Å². The van der Waals surface area contributed by atoms with Crippen LogP contribution in [0, 0.1) is 12.8 Å². The van der Waals surface area contributed by atoms with E-state index in [0.717, 1.165) is 25.1 Å². The standard InChI is InChI=1S/C15H21ClN2O2/c1-10-6-7-17-8-13(10)18-15(19)9-20-14-5-3-4-12(16)11(14)2/h3-5,10,13,17H,6-9H2,1-2H3,(H,18,19). The van der Waals surface area contributed by atoms with Crippen molar-refractivity contribution >= 4 is 17.5 Å². The molecule has 1 aliphatic rings.